The maximum Gasteiger partial charge on any atom is 0.193 e. The van der Waals surface area contributed by atoms with E-state index in [-0.39, 0.29) is 0 Å². The van der Waals surface area contributed by atoms with Gasteiger partial charge in [-0.2, -0.15) is 0 Å². The summed E-state index contributed by atoms with van der Waals surface area (Å²) in [5, 5.41) is 1.11. The molecule has 0 atom stereocenters. The molecular weight excluding hydrogens is 162 g/mol. The minimum Gasteiger partial charge on any atom is -0.361 e. The smallest absolute Gasteiger partial charge is 0.193 e. The highest BCUT2D eigenvalue weighted by molar-refractivity contribution is 5.81. The lowest BCUT2D eigenvalue weighted by molar-refractivity contribution is -0.103. The molecule has 13 heavy (non-hydrogen) atoms. The summed E-state index contributed by atoms with van der Waals surface area (Å²) in [5.41, 5.74) is 1.94. The number of benzene rings is 1. The molecule has 0 amide bonds. The first-order valence-electron chi connectivity index (χ1n) is 3.92. The van der Waals surface area contributed by atoms with Crippen molar-refractivity contribution in [2.45, 2.75) is 0 Å². The van der Waals surface area contributed by atoms with E-state index < -0.39 is 0 Å². The molecule has 1 N–H and O–H groups in total. The van der Waals surface area contributed by atoms with E-state index >= 15 is 0 Å². The van der Waals surface area contributed by atoms with E-state index in [1.54, 1.807) is 0 Å². The normalized spacial score (nSPS) is 9.23. The lowest BCUT2D eigenvalue weighted by Crippen LogP contribution is -1.74. The van der Waals surface area contributed by atoms with E-state index in [0.717, 1.165) is 16.5 Å². The van der Waals surface area contributed by atoms with E-state index in [9.17, 15) is 4.79 Å². The molecule has 1 aromatic carbocycles. The Morgan fingerprint density at radius 2 is 2.23 bits per heavy atom. The van der Waals surface area contributed by atoms with Gasteiger partial charge in [0.2, 0.25) is 0 Å². The number of nitrogens with one attached hydrogen (secondary N) is 1. The number of fused-ring (bicyclic) bond motifs is 1. The summed E-state index contributed by atoms with van der Waals surface area (Å²) < 4.78 is 0. The molecule has 2 aromatic rings. The number of carbonyl (C=O) groups is 1. The molecule has 2 rings (SSSR count). The molecule has 0 fully saturated rings. The molecule has 1 heterocycles. The fourth-order valence-corrected chi connectivity index (χ4v) is 1.24. The summed E-state index contributed by atoms with van der Waals surface area (Å²) in [5.74, 6) is 5.12. The molecule has 0 saturated heterocycles. The summed E-state index contributed by atoms with van der Waals surface area (Å²) >= 11 is 0. The minimum atomic E-state index is 0.599. The molecule has 0 unspecified atom stereocenters. The monoisotopic (exact) mass is 169 g/mol. The maximum atomic E-state index is 10.0. The second kappa shape index (κ2) is 3.16. The molecule has 0 radical (unpaired) electrons. The summed E-state index contributed by atoms with van der Waals surface area (Å²) in [6.07, 6.45) is 2.48. The maximum absolute atomic E-state index is 10.0. The van der Waals surface area contributed by atoms with Crippen LogP contribution in [0.4, 0.5) is 0 Å². The highest BCUT2D eigenvalue weighted by Crippen LogP contribution is 2.13. The third kappa shape index (κ3) is 1.45. The topological polar surface area (TPSA) is 32.9 Å². The second-order valence-corrected chi connectivity index (χ2v) is 2.67. The average Bonchev–Trinajstić information content (AvgIpc) is 2.61. The van der Waals surface area contributed by atoms with Crippen molar-refractivity contribution >= 4 is 17.2 Å². The van der Waals surface area contributed by atoms with Crippen molar-refractivity contribution in [3.05, 3.63) is 36.0 Å². The van der Waals surface area contributed by atoms with Crippen LogP contribution in [-0.2, 0) is 4.79 Å². The van der Waals surface area contributed by atoms with Crippen molar-refractivity contribution in [1.82, 2.24) is 4.98 Å². The Kier molecular flexibility index (Phi) is 1.85. The largest absolute Gasteiger partial charge is 0.361 e. The molecule has 0 aliphatic rings. The Hall–Kier alpha value is -2.01. The fraction of sp³-hybridized carbons (Fsp3) is 0. The van der Waals surface area contributed by atoms with Crippen LogP contribution in [0, 0.1) is 11.8 Å². The number of aromatic amines is 1. The first-order chi connectivity index (χ1) is 6.40. The summed E-state index contributed by atoms with van der Waals surface area (Å²) in [7, 11) is 0. The van der Waals surface area contributed by atoms with Crippen LogP contribution in [0.1, 0.15) is 5.56 Å². The lowest BCUT2D eigenvalue weighted by Gasteiger charge is -1.90. The number of rotatable bonds is 0. The Balaban J connectivity index is 2.54. The Labute approximate surface area is 75.6 Å². The van der Waals surface area contributed by atoms with Gasteiger partial charge in [-0.3, -0.25) is 4.79 Å². The highest BCUT2D eigenvalue weighted by atomic mass is 16.1. The van der Waals surface area contributed by atoms with Crippen molar-refractivity contribution in [2.75, 3.05) is 0 Å². The van der Waals surface area contributed by atoms with Gasteiger partial charge in [0.15, 0.2) is 6.29 Å². The van der Waals surface area contributed by atoms with Gasteiger partial charge in [-0.05, 0) is 30.2 Å². The zero-order valence-corrected chi connectivity index (χ0v) is 6.87. The first kappa shape index (κ1) is 7.63. The summed E-state index contributed by atoms with van der Waals surface area (Å²) in [6.45, 7) is 0. The number of hydrogen-bond donors (Lipinski definition) is 1. The fourth-order valence-electron chi connectivity index (χ4n) is 1.24. The molecule has 2 heteroatoms. The number of aromatic nitrogens is 1. The van der Waals surface area contributed by atoms with E-state index in [2.05, 4.69) is 16.8 Å². The van der Waals surface area contributed by atoms with E-state index in [4.69, 9.17) is 0 Å². The van der Waals surface area contributed by atoms with Crippen LogP contribution < -0.4 is 0 Å². The highest BCUT2D eigenvalue weighted by Gasteiger charge is 1.93. The van der Waals surface area contributed by atoms with Gasteiger partial charge in [-0.25, -0.2) is 0 Å². The van der Waals surface area contributed by atoms with Gasteiger partial charge in [0.05, 0.1) is 0 Å². The van der Waals surface area contributed by atoms with Crippen LogP contribution in [0.25, 0.3) is 10.9 Å². The average molecular weight is 169 g/mol. The number of aldehydes is 1. The van der Waals surface area contributed by atoms with Crippen molar-refractivity contribution in [2.24, 2.45) is 0 Å². The Morgan fingerprint density at radius 1 is 1.31 bits per heavy atom. The van der Waals surface area contributed by atoms with Crippen molar-refractivity contribution in [1.29, 1.82) is 0 Å². The number of H-pyrrole nitrogens is 1. The molecule has 0 spiro atoms. The first-order valence-corrected chi connectivity index (χ1v) is 3.92. The van der Waals surface area contributed by atoms with Crippen LogP contribution in [0.15, 0.2) is 30.5 Å². The third-order valence-electron chi connectivity index (χ3n) is 1.83. The molecule has 1 aromatic heterocycles. The molecular formula is C11H7NO. The van der Waals surface area contributed by atoms with Crippen molar-refractivity contribution in [3.63, 3.8) is 0 Å². The van der Waals surface area contributed by atoms with Gasteiger partial charge in [0.1, 0.15) is 0 Å². The van der Waals surface area contributed by atoms with Crippen molar-refractivity contribution < 1.29 is 4.79 Å². The predicted molar refractivity (Wildman–Crippen MR) is 51.2 cm³/mol. The minimum absolute atomic E-state index is 0.599. The van der Waals surface area contributed by atoms with E-state index in [1.807, 2.05) is 30.5 Å². The molecule has 2 nitrogen and oxygen atoms in total. The third-order valence-corrected chi connectivity index (χ3v) is 1.83. The van der Waals surface area contributed by atoms with Crippen LogP contribution >= 0.6 is 0 Å². The van der Waals surface area contributed by atoms with Crippen LogP contribution in [-0.4, -0.2) is 11.3 Å². The van der Waals surface area contributed by atoms with Gasteiger partial charge in [-0.15, -0.1) is 0 Å². The molecule has 62 valence electrons. The van der Waals surface area contributed by atoms with E-state index in [1.165, 1.54) is 0 Å². The predicted octanol–water partition coefficient (Wildman–Crippen LogP) is 1.72. The Morgan fingerprint density at radius 3 is 3.08 bits per heavy atom. The lowest BCUT2D eigenvalue weighted by atomic mass is 10.1. The standard InChI is InChI=1S/C11H7NO/c13-7-1-2-9-3-4-11-10(8-9)5-6-12-11/h3-8,12H. The van der Waals surface area contributed by atoms with Gasteiger partial charge >= 0.3 is 0 Å². The SMILES string of the molecule is O=CC#Cc1ccc2[nH]ccc2c1. The molecule has 0 aliphatic heterocycles. The second-order valence-electron chi connectivity index (χ2n) is 2.67. The van der Waals surface area contributed by atoms with Gasteiger partial charge in [-0.1, -0.05) is 5.92 Å². The molecule has 0 saturated carbocycles. The van der Waals surface area contributed by atoms with Gasteiger partial charge in [0, 0.05) is 22.7 Å². The van der Waals surface area contributed by atoms with Crippen LogP contribution in [0.2, 0.25) is 0 Å². The van der Waals surface area contributed by atoms with Gasteiger partial charge in [0.25, 0.3) is 0 Å². The van der Waals surface area contributed by atoms with Crippen molar-refractivity contribution in [3.8, 4) is 11.8 Å². The van der Waals surface area contributed by atoms with Gasteiger partial charge < -0.3 is 4.98 Å². The zero-order chi connectivity index (χ0) is 9.10. The van der Waals surface area contributed by atoms with E-state index in [0.29, 0.717) is 6.29 Å². The Bertz CT molecular complexity index is 499. The number of carbonyl (C=O) groups excluding carboxylic acids is 1. The summed E-state index contributed by atoms with van der Waals surface area (Å²) in [6, 6.07) is 7.75. The number of hydrogen-bond acceptors (Lipinski definition) is 1. The van der Waals surface area contributed by atoms with Crippen LogP contribution in [0.3, 0.4) is 0 Å². The molecule has 0 aliphatic carbocycles. The van der Waals surface area contributed by atoms with Crippen LogP contribution in [0.5, 0.6) is 0 Å². The summed E-state index contributed by atoms with van der Waals surface area (Å²) in [4.78, 5) is 13.1. The molecule has 0 bridgehead atoms. The quantitative estimate of drug-likeness (QED) is 0.472. The zero-order valence-electron chi connectivity index (χ0n) is 6.87.